The number of benzene rings is 2. The number of aliphatic hydroxyl groups is 1. The molecule has 0 fully saturated rings. The lowest BCUT2D eigenvalue weighted by molar-refractivity contribution is 0.112. The van der Waals surface area contributed by atoms with E-state index in [-0.39, 0.29) is 6.61 Å². The third-order valence-corrected chi connectivity index (χ3v) is 2.82. The van der Waals surface area contributed by atoms with Crippen molar-refractivity contribution < 1.29 is 9.90 Å². The van der Waals surface area contributed by atoms with E-state index >= 15 is 0 Å². The number of carbonyl (C=O) groups excluding carboxylic acids is 1. The molecular formula is C14H11ClO2. The maximum Gasteiger partial charge on any atom is 0.150 e. The van der Waals surface area contributed by atoms with Crippen LogP contribution in [0.25, 0.3) is 11.1 Å². The first-order valence-electron chi connectivity index (χ1n) is 5.19. The molecule has 0 amide bonds. The molecule has 0 bridgehead atoms. The van der Waals surface area contributed by atoms with Crippen LogP contribution in [0.3, 0.4) is 0 Å². The first-order chi connectivity index (χ1) is 8.24. The summed E-state index contributed by atoms with van der Waals surface area (Å²) >= 11 is 5.84. The van der Waals surface area contributed by atoms with Crippen molar-refractivity contribution in [2.75, 3.05) is 0 Å². The minimum Gasteiger partial charge on any atom is -0.392 e. The monoisotopic (exact) mass is 246 g/mol. The molecule has 0 saturated carbocycles. The van der Waals surface area contributed by atoms with E-state index in [1.807, 2.05) is 30.3 Å². The van der Waals surface area contributed by atoms with Crippen LogP contribution >= 0.6 is 11.6 Å². The maximum atomic E-state index is 11.0. The lowest BCUT2D eigenvalue weighted by Gasteiger charge is -2.06. The number of rotatable bonds is 3. The minimum absolute atomic E-state index is 0.0153. The van der Waals surface area contributed by atoms with Crippen molar-refractivity contribution in [3.63, 3.8) is 0 Å². The average Bonchev–Trinajstić information content (AvgIpc) is 2.39. The molecule has 0 heterocycles. The second kappa shape index (κ2) is 5.13. The van der Waals surface area contributed by atoms with Gasteiger partial charge in [0.2, 0.25) is 0 Å². The topological polar surface area (TPSA) is 37.3 Å². The summed E-state index contributed by atoms with van der Waals surface area (Å²) in [6.07, 6.45) is 0.793. The highest BCUT2D eigenvalue weighted by molar-refractivity contribution is 6.31. The first-order valence-corrected chi connectivity index (χ1v) is 5.57. The Bertz CT molecular complexity index is 532. The summed E-state index contributed by atoms with van der Waals surface area (Å²) in [4.78, 5) is 11.0. The van der Waals surface area contributed by atoms with E-state index < -0.39 is 0 Å². The SMILES string of the molecule is O=Cc1cc(Cl)ccc1-c1ccc(CO)cc1. The summed E-state index contributed by atoms with van der Waals surface area (Å²) in [6.45, 7) is 0.0153. The number of aliphatic hydroxyl groups excluding tert-OH is 1. The fourth-order valence-corrected chi connectivity index (χ4v) is 1.86. The number of hydrogen-bond donors (Lipinski definition) is 1. The normalized spacial score (nSPS) is 10.2. The van der Waals surface area contributed by atoms with E-state index in [4.69, 9.17) is 16.7 Å². The molecule has 86 valence electrons. The van der Waals surface area contributed by atoms with Gasteiger partial charge in [0.1, 0.15) is 0 Å². The van der Waals surface area contributed by atoms with Crippen LogP contribution in [0.1, 0.15) is 15.9 Å². The molecule has 0 spiro atoms. The van der Waals surface area contributed by atoms with Crippen molar-refractivity contribution in [3.05, 3.63) is 58.6 Å². The number of hydrogen-bond acceptors (Lipinski definition) is 2. The highest BCUT2D eigenvalue weighted by atomic mass is 35.5. The molecule has 0 unspecified atom stereocenters. The van der Waals surface area contributed by atoms with E-state index in [0.29, 0.717) is 10.6 Å². The molecule has 0 aliphatic rings. The van der Waals surface area contributed by atoms with Gasteiger partial charge in [-0.15, -0.1) is 0 Å². The van der Waals surface area contributed by atoms with Crippen molar-refractivity contribution >= 4 is 17.9 Å². The molecule has 0 aromatic heterocycles. The summed E-state index contributed by atoms with van der Waals surface area (Å²) < 4.78 is 0. The number of aldehydes is 1. The van der Waals surface area contributed by atoms with Crippen LogP contribution in [0.2, 0.25) is 5.02 Å². The van der Waals surface area contributed by atoms with Gasteiger partial charge in [-0.25, -0.2) is 0 Å². The zero-order valence-electron chi connectivity index (χ0n) is 9.06. The molecule has 0 radical (unpaired) electrons. The zero-order chi connectivity index (χ0) is 12.3. The molecule has 17 heavy (non-hydrogen) atoms. The van der Waals surface area contributed by atoms with E-state index in [0.717, 1.165) is 23.0 Å². The van der Waals surface area contributed by atoms with Gasteiger partial charge in [0.05, 0.1) is 6.61 Å². The predicted molar refractivity (Wildman–Crippen MR) is 68.2 cm³/mol. The van der Waals surface area contributed by atoms with Crippen LogP contribution in [-0.2, 0) is 6.61 Å². The van der Waals surface area contributed by atoms with E-state index in [1.165, 1.54) is 0 Å². The number of halogens is 1. The van der Waals surface area contributed by atoms with Crippen LogP contribution in [0, 0.1) is 0 Å². The van der Waals surface area contributed by atoms with Crippen LogP contribution in [0.4, 0.5) is 0 Å². The van der Waals surface area contributed by atoms with Crippen LogP contribution < -0.4 is 0 Å². The largest absolute Gasteiger partial charge is 0.392 e. The third kappa shape index (κ3) is 2.54. The van der Waals surface area contributed by atoms with Crippen LogP contribution in [0.15, 0.2) is 42.5 Å². The summed E-state index contributed by atoms with van der Waals surface area (Å²) in [7, 11) is 0. The molecular weight excluding hydrogens is 236 g/mol. The average molecular weight is 247 g/mol. The molecule has 1 N–H and O–H groups in total. The van der Waals surface area contributed by atoms with Crippen molar-refractivity contribution in [1.82, 2.24) is 0 Å². The lowest BCUT2D eigenvalue weighted by atomic mass is 9.99. The molecule has 2 nitrogen and oxygen atoms in total. The Balaban J connectivity index is 2.48. The summed E-state index contributed by atoms with van der Waals surface area (Å²) in [5, 5.41) is 9.51. The van der Waals surface area contributed by atoms with Crippen LogP contribution in [0.5, 0.6) is 0 Å². The fraction of sp³-hybridized carbons (Fsp3) is 0.0714. The molecule has 2 aromatic carbocycles. The first kappa shape index (κ1) is 11.8. The van der Waals surface area contributed by atoms with Gasteiger partial charge < -0.3 is 5.11 Å². The summed E-state index contributed by atoms with van der Waals surface area (Å²) in [5.74, 6) is 0. The molecule has 2 rings (SSSR count). The Morgan fingerprint density at radius 3 is 2.41 bits per heavy atom. The third-order valence-electron chi connectivity index (χ3n) is 2.59. The summed E-state index contributed by atoms with van der Waals surface area (Å²) in [5.41, 5.74) is 3.18. The Morgan fingerprint density at radius 2 is 1.82 bits per heavy atom. The molecule has 3 heteroatoms. The Morgan fingerprint density at radius 1 is 1.12 bits per heavy atom. The van der Waals surface area contributed by atoms with E-state index in [9.17, 15) is 4.79 Å². The van der Waals surface area contributed by atoms with Crippen molar-refractivity contribution in [2.45, 2.75) is 6.61 Å². The van der Waals surface area contributed by atoms with Gasteiger partial charge in [-0.3, -0.25) is 4.79 Å². The van der Waals surface area contributed by atoms with E-state index in [1.54, 1.807) is 12.1 Å². The second-order valence-corrected chi connectivity index (χ2v) is 4.14. The molecule has 0 aliphatic heterocycles. The zero-order valence-corrected chi connectivity index (χ0v) is 9.82. The highest BCUT2D eigenvalue weighted by Crippen LogP contribution is 2.25. The van der Waals surface area contributed by atoms with Gasteiger partial charge in [0, 0.05) is 10.6 Å². The van der Waals surface area contributed by atoms with Crippen molar-refractivity contribution in [1.29, 1.82) is 0 Å². The highest BCUT2D eigenvalue weighted by Gasteiger charge is 2.05. The molecule has 0 atom stereocenters. The van der Waals surface area contributed by atoms with Gasteiger partial charge in [0.25, 0.3) is 0 Å². The number of carbonyl (C=O) groups is 1. The molecule has 0 saturated heterocycles. The van der Waals surface area contributed by atoms with Gasteiger partial charge >= 0.3 is 0 Å². The predicted octanol–water partition coefficient (Wildman–Crippen LogP) is 3.31. The van der Waals surface area contributed by atoms with Gasteiger partial charge in [-0.2, -0.15) is 0 Å². The Hall–Kier alpha value is -1.64. The van der Waals surface area contributed by atoms with E-state index in [2.05, 4.69) is 0 Å². The van der Waals surface area contributed by atoms with Gasteiger partial charge in [-0.05, 0) is 28.8 Å². The fourth-order valence-electron chi connectivity index (χ4n) is 1.68. The molecule has 0 aliphatic carbocycles. The minimum atomic E-state index is 0.0153. The maximum absolute atomic E-state index is 11.0. The summed E-state index contributed by atoms with van der Waals surface area (Å²) in [6, 6.07) is 12.6. The second-order valence-electron chi connectivity index (χ2n) is 3.70. The quantitative estimate of drug-likeness (QED) is 0.844. The van der Waals surface area contributed by atoms with Crippen molar-refractivity contribution in [2.24, 2.45) is 0 Å². The standard InChI is InChI=1S/C14H11ClO2/c15-13-5-6-14(12(7-13)9-17)11-3-1-10(8-16)2-4-11/h1-7,9,16H,8H2. The Labute approximate surface area is 104 Å². The van der Waals surface area contributed by atoms with Gasteiger partial charge in [-0.1, -0.05) is 41.9 Å². The van der Waals surface area contributed by atoms with Gasteiger partial charge in [0.15, 0.2) is 6.29 Å². The smallest absolute Gasteiger partial charge is 0.150 e. The Kier molecular flexibility index (Phi) is 3.57. The van der Waals surface area contributed by atoms with Crippen molar-refractivity contribution in [3.8, 4) is 11.1 Å². The lowest BCUT2D eigenvalue weighted by Crippen LogP contribution is -1.88. The molecule has 2 aromatic rings. The van der Waals surface area contributed by atoms with Crippen LogP contribution in [-0.4, -0.2) is 11.4 Å².